The Morgan fingerprint density at radius 2 is 2.00 bits per heavy atom. The Balaban J connectivity index is 2.79. The van der Waals surface area contributed by atoms with Gasteiger partial charge in [-0.1, -0.05) is 32.9 Å². The zero-order valence-electron chi connectivity index (χ0n) is 12.5. The predicted molar refractivity (Wildman–Crippen MR) is 80.4 cm³/mol. The molecule has 0 aromatic heterocycles. The van der Waals surface area contributed by atoms with E-state index in [2.05, 4.69) is 38.2 Å². The molecule has 0 heterocycles. The number of hydrogen-bond donors (Lipinski definition) is 3. The molecule has 0 aliphatic heterocycles. The Labute approximate surface area is 116 Å². The Hall–Kier alpha value is -1.10. The monoisotopic (exact) mass is 265 g/mol. The van der Waals surface area contributed by atoms with Crippen LogP contribution >= 0.6 is 0 Å². The standard InChI is InChI=1S/C15H27N3O/c1-15(2,3)12-5-6-14(19-4)11(7-12)9-18-10-13(17)8-16/h5-7,13,18H,8-10,16-17H2,1-4H3. The molecule has 0 amide bonds. The molecule has 1 rings (SSSR count). The van der Waals surface area contributed by atoms with Crippen LogP contribution in [0, 0.1) is 0 Å². The summed E-state index contributed by atoms with van der Waals surface area (Å²) in [5.74, 6) is 0.904. The van der Waals surface area contributed by atoms with Gasteiger partial charge in [-0.3, -0.25) is 0 Å². The van der Waals surface area contributed by atoms with Crippen LogP contribution in [-0.4, -0.2) is 26.2 Å². The molecule has 5 N–H and O–H groups in total. The van der Waals surface area contributed by atoms with Gasteiger partial charge in [-0.2, -0.15) is 0 Å². The number of hydrogen-bond acceptors (Lipinski definition) is 4. The van der Waals surface area contributed by atoms with E-state index in [-0.39, 0.29) is 11.5 Å². The number of methoxy groups -OCH3 is 1. The minimum atomic E-state index is -0.00297. The summed E-state index contributed by atoms with van der Waals surface area (Å²) in [4.78, 5) is 0. The summed E-state index contributed by atoms with van der Waals surface area (Å²) in [5.41, 5.74) is 13.9. The fraction of sp³-hybridized carbons (Fsp3) is 0.600. The van der Waals surface area contributed by atoms with Crippen molar-refractivity contribution in [2.24, 2.45) is 11.5 Å². The SMILES string of the molecule is COc1ccc(C(C)(C)C)cc1CNCC(N)CN. The Kier molecular flexibility index (Phi) is 5.79. The molecule has 0 spiro atoms. The van der Waals surface area contributed by atoms with Crippen molar-refractivity contribution in [2.45, 2.75) is 38.8 Å². The molecule has 4 nitrogen and oxygen atoms in total. The molecule has 19 heavy (non-hydrogen) atoms. The molecule has 108 valence electrons. The van der Waals surface area contributed by atoms with Gasteiger partial charge in [0.25, 0.3) is 0 Å². The van der Waals surface area contributed by atoms with E-state index < -0.39 is 0 Å². The summed E-state index contributed by atoms with van der Waals surface area (Å²) in [6.07, 6.45) is 0. The van der Waals surface area contributed by atoms with Gasteiger partial charge in [-0.15, -0.1) is 0 Å². The van der Waals surface area contributed by atoms with Gasteiger partial charge in [-0.25, -0.2) is 0 Å². The first kappa shape index (κ1) is 16.0. The van der Waals surface area contributed by atoms with Gasteiger partial charge < -0.3 is 21.5 Å². The predicted octanol–water partition coefficient (Wildman–Crippen LogP) is 1.37. The highest BCUT2D eigenvalue weighted by Crippen LogP contribution is 2.27. The lowest BCUT2D eigenvalue weighted by Crippen LogP contribution is -2.39. The Morgan fingerprint density at radius 3 is 2.53 bits per heavy atom. The van der Waals surface area contributed by atoms with Crippen molar-refractivity contribution in [1.82, 2.24) is 5.32 Å². The van der Waals surface area contributed by atoms with Crippen LogP contribution in [0.25, 0.3) is 0 Å². The molecule has 0 bridgehead atoms. The summed E-state index contributed by atoms with van der Waals surface area (Å²) < 4.78 is 5.40. The molecule has 0 fully saturated rings. The minimum absolute atomic E-state index is 0.00297. The van der Waals surface area contributed by atoms with E-state index in [1.807, 2.05) is 6.07 Å². The number of nitrogens with one attached hydrogen (secondary N) is 1. The average molecular weight is 265 g/mol. The summed E-state index contributed by atoms with van der Waals surface area (Å²) in [5, 5.41) is 3.32. The third-order valence-electron chi connectivity index (χ3n) is 3.17. The lowest BCUT2D eigenvalue weighted by atomic mass is 9.86. The summed E-state index contributed by atoms with van der Waals surface area (Å²) >= 11 is 0. The third-order valence-corrected chi connectivity index (χ3v) is 3.17. The number of rotatable bonds is 6. The molecule has 4 heteroatoms. The largest absolute Gasteiger partial charge is 0.496 e. The molecule has 0 saturated heterocycles. The highest BCUT2D eigenvalue weighted by Gasteiger charge is 2.15. The van der Waals surface area contributed by atoms with Crippen molar-refractivity contribution < 1.29 is 4.74 Å². The van der Waals surface area contributed by atoms with Crippen molar-refractivity contribution in [3.8, 4) is 5.75 Å². The summed E-state index contributed by atoms with van der Waals surface area (Å²) in [7, 11) is 1.70. The van der Waals surface area contributed by atoms with E-state index in [4.69, 9.17) is 16.2 Å². The summed E-state index contributed by atoms with van der Waals surface area (Å²) in [6, 6.07) is 6.34. The Morgan fingerprint density at radius 1 is 1.32 bits per heavy atom. The maximum absolute atomic E-state index is 5.79. The number of ether oxygens (including phenoxy) is 1. The zero-order chi connectivity index (χ0) is 14.5. The van der Waals surface area contributed by atoms with Crippen LogP contribution in [0.15, 0.2) is 18.2 Å². The molecule has 0 saturated carbocycles. The third kappa shape index (κ3) is 4.82. The normalized spacial score (nSPS) is 13.4. The lowest BCUT2D eigenvalue weighted by Gasteiger charge is -2.21. The molecule has 1 atom stereocenters. The van der Waals surface area contributed by atoms with Crippen LogP contribution in [0.5, 0.6) is 5.75 Å². The van der Waals surface area contributed by atoms with Gasteiger partial charge in [0.15, 0.2) is 0 Å². The van der Waals surface area contributed by atoms with Gasteiger partial charge in [-0.05, 0) is 17.0 Å². The smallest absolute Gasteiger partial charge is 0.123 e. The van der Waals surface area contributed by atoms with Crippen LogP contribution in [0.1, 0.15) is 31.9 Å². The minimum Gasteiger partial charge on any atom is -0.496 e. The topological polar surface area (TPSA) is 73.3 Å². The highest BCUT2D eigenvalue weighted by atomic mass is 16.5. The van der Waals surface area contributed by atoms with Crippen molar-refractivity contribution in [1.29, 1.82) is 0 Å². The van der Waals surface area contributed by atoms with Gasteiger partial charge in [0.05, 0.1) is 7.11 Å². The first-order chi connectivity index (χ1) is 8.88. The molecular weight excluding hydrogens is 238 g/mol. The van der Waals surface area contributed by atoms with Crippen LogP contribution in [0.4, 0.5) is 0 Å². The van der Waals surface area contributed by atoms with E-state index in [0.29, 0.717) is 13.1 Å². The van der Waals surface area contributed by atoms with E-state index in [9.17, 15) is 0 Å². The molecule has 0 aliphatic carbocycles. The lowest BCUT2D eigenvalue weighted by molar-refractivity contribution is 0.406. The average Bonchev–Trinajstić information content (AvgIpc) is 2.37. The van der Waals surface area contributed by atoms with E-state index in [0.717, 1.165) is 17.9 Å². The first-order valence-electron chi connectivity index (χ1n) is 6.72. The van der Waals surface area contributed by atoms with Crippen molar-refractivity contribution >= 4 is 0 Å². The second kappa shape index (κ2) is 6.89. The highest BCUT2D eigenvalue weighted by molar-refractivity contribution is 5.39. The number of nitrogens with two attached hydrogens (primary N) is 2. The fourth-order valence-corrected chi connectivity index (χ4v) is 1.86. The molecule has 0 radical (unpaired) electrons. The Bertz CT molecular complexity index is 399. The second-order valence-corrected chi connectivity index (χ2v) is 5.90. The molecule has 0 aliphatic rings. The van der Waals surface area contributed by atoms with E-state index >= 15 is 0 Å². The first-order valence-corrected chi connectivity index (χ1v) is 6.72. The second-order valence-electron chi connectivity index (χ2n) is 5.90. The molecular formula is C15H27N3O. The van der Waals surface area contributed by atoms with Crippen LogP contribution in [0.3, 0.4) is 0 Å². The quantitative estimate of drug-likeness (QED) is 0.726. The van der Waals surface area contributed by atoms with Crippen LogP contribution in [0.2, 0.25) is 0 Å². The molecule has 1 unspecified atom stereocenters. The van der Waals surface area contributed by atoms with Crippen molar-refractivity contribution in [3.63, 3.8) is 0 Å². The molecule has 1 aromatic rings. The van der Waals surface area contributed by atoms with Gasteiger partial charge in [0.2, 0.25) is 0 Å². The van der Waals surface area contributed by atoms with Gasteiger partial charge in [0.1, 0.15) is 5.75 Å². The molecule has 1 aromatic carbocycles. The van der Waals surface area contributed by atoms with Gasteiger partial charge >= 0.3 is 0 Å². The van der Waals surface area contributed by atoms with Crippen LogP contribution in [-0.2, 0) is 12.0 Å². The maximum atomic E-state index is 5.79. The fourth-order valence-electron chi connectivity index (χ4n) is 1.86. The van der Waals surface area contributed by atoms with Gasteiger partial charge in [0, 0.05) is 31.2 Å². The van der Waals surface area contributed by atoms with Crippen molar-refractivity contribution in [3.05, 3.63) is 29.3 Å². The maximum Gasteiger partial charge on any atom is 0.123 e. The van der Waals surface area contributed by atoms with Crippen LogP contribution < -0.4 is 21.5 Å². The van der Waals surface area contributed by atoms with E-state index in [1.54, 1.807) is 7.11 Å². The summed E-state index contributed by atoms with van der Waals surface area (Å²) in [6.45, 7) is 8.55. The van der Waals surface area contributed by atoms with E-state index in [1.165, 1.54) is 5.56 Å². The zero-order valence-corrected chi connectivity index (χ0v) is 12.5. The number of benzene rings is 1. The van der Waals surface area contributed by atoms with Crippen molar-refractivity contribution in [2.75, 3.05) is 20.2 Å².